The van der Waals surface area contributed by atoms with Crippen molar-refractivity contribution < 1.29 is 13.9 Å². The first-order chi connectivity index (χ1) is 13.3. The van der Waals surface area contributed by atoms with Gasteiger partial charge in [-0.15, -0.1) is 0 Å². The second kappa shape index (κ2) is 7.14. The van der Waals surface area contributed by atoms with E-state index in [0.29, 0.717) is 30.9 Å². The van der Waals surface area contributed by atoms with Gasteiger partial charge in [-0.3, -0.25) is 9.48 Å². The molecule has 1 fully saturated rings. The maximum Gasteiger partial charge on any atom is 0.254 e. The lowest BCUT2D eigenvalue weighted by molar-refractivity contribution is -0.0227. The van der Waals surface area contributed by atoms with Crippen LogP contribution in [0, 0.1) is 19.7 Å². The second-order valence-corrected chi connectivity index (χ2v) is 7.41. The summed E-state index contributed by atoms with van der Waals surface area (Å²) in [6.07, 6.45) is -0.357. The summed E-state index contributed by atoms with van der Waals surface area (Å²) in [4.78, 5) is 19.6. The van der Waals surface area contributed by atoms with Gasteiger partial charge in [-0.1, -0.05) is 17.7 Å². The number of aryl methyl sites for hydroxylation is 3. The fraction of sp³-hybridized carbons (Fsp3) is 0.350. The van der Waals surface area contributed by atoms with Crippen LogP contribution in [0.3, 0.4) is 0 Å². The predicted octanol–water partition coefficient (Wildman–Crippen LogP) is 3.59. The average Bonchev–Trinajstić information content (AvgIpc) is 2.96. The molecule has 6 nitrogen and oxygen atoms in total. The van der Waals surface area contributed by atoms with Gasteiger partial charge >= 0.3 is 0 Å². The smallest absolute Gasteiger partial charge is 0.254 e. The molecule has 28 heavy (non-hydrogen) atoms. The summed E-state index contributed by atoms with van der Waals surface area (Å²) in [5, 5.41) is 5.22. The van der Waals surface area contributed by atoms with Crippen molar-refractivity contribution in [2.24, 2.45) is 7.05 Å². The summed E-state index contributed by atoms with van der Waals surface area (Å²) < 4.78 is 21.0. The molecule has 1 aromatic carbocycles. The van der Waals surface area contributed by atoms with Crippen LogP contribution < -0.4 is 0 Å². The highest BCUT2D eigenvalue weighted by Crippen LogP contribution is 2.28. The number of morpholine rings is 1. The van der Waals surface area contributed by atoms with Crippen LogP contribution in [0.2, 0.25) is 5.02 Å². The normalized spacial score (nSPS) is 17.3. The molecule has 0 saturated carbocycles. The van der Waals surface area contributed by atoms with Crippen molar-refractivity contribution in [2.45, 2.75) is 20.0 Å². The zero-order valence-electron chi connectivity index (χ0n) is 15.9. The van der Waals surface area contributed by atoms with Gasteiger partial charge in [0.2, 0.25) is 0 Å². The summed E-state index contributed by atoms with van der Waals surface area (Å²) in [5.74, 6) is -0.566. The number of ether oxygens (including phenoxy) is 1. The molecule has 1 aliphatic heterocycles. The largest absolute Gasteiger partial charge is 0.370 e. The summed E-state index contributed by atoms with van der Waals surface area (Å²) in [6.45, 7) is 4.97. The van der Waals surface area contributed by atoms with Gasteiger partial charge < -0.3 is 9.64 Å². The summed E-state index contributed by atoms with van der Waals surface area (Å²) in [5.41, 5.74) is 3.55. The van der Waals surface area contributed by atoms with E-state index in [1.165, 1.54) is 6.07 Å². The molecule has 4 rings (SSSR count). The monoisotopic (exact) mass is 402 g/mol. The molecule has 3 aromatic rings. The maximum atomic E-state index is 13.5. The minimum Gasteiger partial charge on any atom is -0.370 e. The minimum absolute atomic E-state index is 0.0435. The van der Waals surface area contributed by atoms with Gasteiger partial charge in [-0.2, -0.15) is 5.10 Å². The van der Waals surface area contributed by atoms with Crippen molar-refractivity contribution in [3.8, 4) is 0 Å². The number of fused-ring (bicyclic) bond motifs is 1. The average molecular weight is 403 g/mol. The number of hydrogen-bond acceptors (Lipinski definition) is 4. The molecule has 8 heteroatoms. The lowest BCUT2D eigenvalue weighted by Gasteiger charge is -2.33. The number of carbonyl (C=O) groups is 1. The standard InChI is InChI=1S/C20H20ClFN4O2/c1-11-8-14(18-12(2)24-25(3)19(18)23-11)20(27)26-6-7-28-17(10-26)13-4-5-16(22)15(21)9-13/h4-5,8-9,17H,6-7,10H2,1-3H3. The summed E-state index contributed by atoms with van der Waals surface area (Å²) in [6, 6.07) is 6.31. The molecule has 1 aliphatic rings. The van der Waals surface area contributed by atoms with Crippen molar-refractivity contribution >= 4 is 28.5 Å². The molecule has 1 saturated heterocycles. The molecule has 0 spiro atoms. The second-order valence-electron chi connectivity index (χ2n) is 7.00. The van der Waals surface area contributed by atoms with Gasteiger partial charge in [0.05, 0.1) is 34.8 Å². The van der Waals surface area contributed by atoms with E-state index < -0.39 is 5.82 Å². The van der Waals surface area contributed by atoms with Gasteiger partial charge in [-0.25, -0.2) is 9.37 Å². The number of halogens is 2. The van der Waals surface area contributed by atoms with Crippen LogP contribution in [0.15, 0.2) is 24.3 Å². The number of rotatable bonds is 2. The maximum absolute atomic E-state index is 13.5. The number of aromatic nitrogens is 3. The lowest BCUT2D eigenvalue weighted by Crippen LogP contribution is -2.42. The molecule has 146 valence electrons. The SMILES string of the molecule is Cc1cc(C(=O)N2CCOC(c3ccc(F)c(Cl)c3)C2)c2c(C)nn(C)c2n1. The highest BCUT2D eigenvalue weighted by molar-refractivity contribution is 6.30. The molecule has 0 N–H and O–H groups in total. The first kappa shape index (κ1) is 18.8. The van der Waals surface area contributed by atoms with Crippen LogP contribution in [0.1, 0.15) is 33.4 Å². The van der Waals surface area contributed by atoms with Crippen molar-refractivity contribution in [2.75, 3.05) is 19.7 Å². The van der Waals surface area contributed by atoms with E-state index in [9.17, 15) is 9.18 Å². The number of carbonyl (C=O) groups excluding carboxylic acids is 1. The minimum atomic E-state index is -0.476. The Morgan fingerprint density at radius 2 is 2.11 bits per heavy atom. The Morgan fingerprint density at radius 1 is 1.32 bits per heavy atom. The van der Waals surface area contributed by atoms with Crippen LogP contribution in [0.25, 0.3) is 11.0 Å². The highest BCUT2D eigenvalue weighted by Gasteiger charge is 2.29. The molecular weight excluding hydrogens is 383 g/mol. The number of amides is 1. The van der Waals surface area contributed by atoms with Crippen LogP contribution >= 0.6 is 11.6 Å². The molecular formula is C20H20ClFN4O2. The van der Waals surface area contributed by atoms with Crippen molar-refractivity contribution in [1.29, 1.82) is 0 Å². The molecule has 0 bridgehead atoms. The van der Waals surface area contributed by atoms with Crippen molar-refractivity contribution in [3.05, 3.63) is 57.6 Å². The quantitative estimate of drug-likeness (QED) is 0.657. The molecule has 2 aromatic heterocycles. The molecule has 1 amide bonds. The number of pyridine rings is 1. The number of hydrogen-bond donors (Lipinski definition) is 0. The predicted molar refractivity (Wildman–Crippen MR) is 104 cm³/mol. The molecule has 1 unspecified atom stereocenters. The first-order valence-corrected chi connectivity index (χ1v) is 9.39. The number of benzene rings is 1. The zero-order chi connectivity index (χ0) is 20.0. The lowest BCUT2D eigenvalue weighted by atomic mass is 10.1. The number of nitrogens with zero attached hydrogens (tertiary/aromatic N) is 4. The Hall–Kier alpha value is -2.51. The van der Waals surface area contributed by atoms with Crippen molar-refractivity contribution in [3.63, 3.8) is 0 Å². The van der Waals surface area contributed by atoms with Crippen LogP contribution in [-0.4, -0.2) is 45.3 Å². The third-order valence-electron chi connectivity index (χ3n) is 5.00. The molecule has 3 heterocycles. The van der Waals surface area contributed by atoms with E-state index in [1.807, 2.05) is 20.9 Å². The fourth-order valence-corrected chi connectivity index (χ4v) is 3.85. The van der Waals surface area contributed by atoms with E-state index in [0.717, 1.165) is 22.3 Å². The molecule has 0 radical (unpaired) electrons. The third-order valence-corrected chi connectivity index (χ3v) is 5.29. The van der Waals surface area contributed by atoms with Gasteiger partial charge in [0.25, 0.3) is 5.91 Å². The Kier molecular flexibility index (Phi) is 4.81. The summed E-state index contributed by atoms with van der Waals surface area (Å²) >= 11 is 5.90. The van der Waals surface area contributed by atoms with Gasteiger partial charge in [0.1, 0.15) is 11.9 Å². The van der Waals surface area contributed by atoms with Gasteiger partial charge in [0.15, 0.2) is 5.65 Å². The fourth-order valence-electron chi connectivity index (χ4n) is 3.66. The highest BCUT2D eigenvalue weighted by atomic mass is 35.5. The van der Waals surface area contributed by atoms with Gasteiger partial charge in [-0.05, 0) is 37.6 Å². The van der Waals surface area contributed by atoms with E-state index in [4.69, 9.17) is 16.3 Å². The first-order valence-electron chi connectivity index (χ1n) is 9.02. The van der Waals surface area contributed by atoms with Crippen LogP contribution in [0.4, 0.5) is 4.39 Å². The van der Waals surface area contributed by atoms with Crippen LogP contribution in [-0.2, 0) is 11.8 Å². The zero-order valence-corrected chi connectivity index (χ0v) is 16.6. The molecule has 1 atom stereocenters. The third kappa shape index (κ3) is 3.25. The topological polar surface area (TPSA) is 60.3 Å². The van der Waals surface area contributed by atoms with Crippen molar-refractivity contribution in [1.82, 2.24) is 19.7 Å². The van der Waals surface area contributed by atoms with E-state index in [2.05, 4.69) is 10.1 Å². The van der Waals surface area contributed by atoms with E-state index in [1.54, 1.807) is 27.8 Å². The van der Waals surface area contributed by atoms with Crippen LogP contribution in [0.5, 0.6) is 0 Å². The van der Waals surface area contributed by atoms with E-state index >= 15 is 0 Å². The Balaban J connectivity index is 1.67. The Bertz CT molecular complexity index is 1080. The Morgan fingerprint density at radius 3 is 2.86 bits per heavy atom. The Labute approximate surface area is 166 Å². The van der Waals surface area contributed by atoms with E-state index in [-0.39, 0.29) is 17.0 Å². The molecule has 0 aliphatic carbocycles. The summed E-state index contributed by atoms with van der Waals surface area (Å²) in [7, 11) is 1.82. The van der Waals surface area contributed by atoms with Gasteiger partial charge in [0, 0.05) is 19.3 Å².